The summed E-state index contributed by atoms with van der Waals surface area (Å²) < 4.78 is 13.8. The van der Waals surface area contributed by atoms with E-state index in [2.05, 4.69) is 5.32 Å². The molecule has 0 saturated heterocycles. The molecule has 2 aromatic rings. The summed E-state index contributed by atoms with van der Waals surface area (Å²) in [6.45, 7) is 1.94. The van der Waals surface area contributed by atoms with Crippen LogP contribution in [0.4, 0.5) is 10.1 Å². The molecule has 0 aliphatic rings. The summed E-state index contributed by atoms with van der Waals surface area (Å²) in [4.78, 5) is 0. The van der Waals surface area contributed by atoms with Gasteiger partial charge in [0.15, 0.2) is 0 Å². The van der Waals surface area contributed by atoms with E-state index in [-0.39, 0.29) is 12.4 Å². The van der Waals surface area contributed by atoms with Gasteiger partial charge >= 0.3 is 0 Å². The lowest BCUT2D eigenvalue weighted by Gasteiger charge is -2.33. The zero-order valence-electron chi connectivity index (χ0n) is 11.6. The maximum atomic E-state index is 13.8. The van der Waals surface area contributed by atoms with Gasteiger partial charge in [0, 0.05) is 0 Å². The van der Waals surface area contributed by atoms with Crippen LogP contribution in [0.3, 0.4) is 0 Å². The fourth-order valence-corrected chi connectivity index (χ4v) is 2.30. The maximum absolute atomic E-state index is 13.8. The first kappa shape index (κ1) is 14.5. The zero-order valence-corrected chi connectivity index (χ0v) is 11.6. The molecule has 1 unspecified atom stereocenters. The van der Waals surface area contributed by atoms with Crippen molar-refractivity contribution >= 4 is 5.69 Å². The molecule has 3 heteroatoms. The van der Waals surface area contributed by atoms with E-state index in [4.69, 9.17) is 0 Å². The van der Waals surface area contributed by atoms with Crippen molar-refractivity contribution in [1.82, 2.24) is 0 Å². The summed E-state index contributed by atoms with van der Waals surface area (Å²) in [7, 11) is 0. The molecular formula is C17H20FNO. The summed E-state index contributed by atoms with van der Waals surface area (Å²) in [6.07, 6.45) is 1.35. The standard InChI is InChI=1S/C17H20FNO/c1-2-17(13-20,12-14-8-4-3-5-9-14)19-16-11-7-6-10-15(16)18/h3-11,19-20H,2,12-13H2,1H3. The molecule has 0 saturated carbocycles. The molecule has 0 fully saturated rings. The van der Waals surface area contributed by atoms with Gasteiger partial charge in [-0.1, -0.05) is 49.4 Å². The van der Waals surface area contributed by atoms with E-state index in [0.29, 0.717) is 18.5 Å². The molecule has 1 atom stereocenters. The molecule has 0 aromatic heterocycles. The molecule has 0 amide bonds. The van der Waals surface area contributed by atoms with Crippen LogP contribution in [0.2, 0.25) is 0 Å². The highest BCUT2D eigenvalue weighted by molar-refractivity contribution is 5.47. The van der Waals surface area contributed by atoms with E-state index in [1.807, 2.05) is 37.3 Å². The summed E-state index contributed by atoms with van der Waals surface area (Å²) in [6, 6.07) is 16.5. The fourth-order valence-electron chi connectivity index (χ4n) is 2.30. The third-order valence-corrected chi connectivity index (χ3v) is 3.64. The minimum Gasteiger partial charge on any atom is -0.394 e. The predicted octanol–water partition coefficient (Wildman–Crippen LogP) is 3.62. The van der Waals surface area contributed by atoms with Gasteiger partial charge in [0.25, 0.3) is 0 Å². The van der Waals surface area contributed by atoms with Crippen LogP contribution in [0, 0.1) is 5.82 Å². The van der Waals surface area contributed by atoms with E-state index in [0.717, 1.165) is 5.56 Å². The van der Waals surface area contributed by atoms with Crippen LogP contribution < -0.4 is 5.32 Å². The smallest absolute Gasteiger partial charge is 0.146 e. The van der Waals surface area contributed by atoms with Gasteiger partial charge in [-0.15, -0.1) is 0 Å². The monoisotopic (exact) mass is 273 g/mol. The normalized spacial score (nSPS) is 13.8. The van der Waals surface area contributed by atoms with Crippen molar-refractivity contribution < 1.29 is 9.50 Å². The van der Waals surface area contributed by atoms with Crippen LogP contribution in [0.5, 0.6) is 0 Å². The number of anilines is 1. The maximum Gasteiger partial charge on any atom is 0.146 e. The van der Waals surface area contributed by atoms with Gasteiger partial charge in [0.05, 0.1) is 17.8 Å². The second-order valence-corrected chi connectivity index (χ2v) is 5.06. The molecule has 0 aliphatic carbocycles. The van der Waals surface area contributed by atoms with Gasteiger partial charge < -0.3 is 10.4 Å². The Kier molecular flexibility index (Phi) is 4.74. The van der Waals surface area contributed by atoms with Crippen LogP contribution >= 0.6 is 0 Å². The van der Waals surface area contributed by atoms with Gasteiger partial charge in [0.1, 0.15) is 5.82 Å². The Hall–Kier alpha value is -1.87. The first-order valence-corrected chi connectivity index (χ1v) is 6.86. The molecule has 2 N–H and O–H groups in total. The quantitative estimate of drug-likeness (QED) is 0.842. The Balaban J connectivity index is 2.23. The molecule has 0 aliphatic heterocycles. The number of rotatable bonds is 6. The number of para-hydroxylation sites is 1. The van der Waals surface area contributed by atoms with Crippen LogP contribution in [0.25, 0.3) is 0 Å². The van der Waals surface area contributed by atoms with Crippen molar-refractivity contribution in [1.29, 1.82) is 0 Å². The third-order valence-electron chi connectivity index (χ3n) is 3.64. The van der Waals surface area contributed by atoms with Gasteiger partial charge in [-0.25, -0.2) is 4.39 Å². The van der Waals surface area contributed by atoms with E-state index >= 15 is 0 Å². The second kappa shape index (κ2) is 6.53. The molecule has 106 valence electrons. The van der Waals surface area contributed by atoms with Crippen molar-refractivity contribution in [2.24, 2.45) is 0 Å². The molecule has 0 spiro atoms. The van der Waals surface area contributed by atoms with Crippen molar-refractivity contribution in [3.05, 3.63) is 66.0 Å². The van der Waals surface area contributed by atoms with E-state index in [1.54, 1.807) is 18.2 Å². The number of aliphatic hydroxyl groups excluding tert-OH is 1. The molecular weight excluding hydrogens is 253 g/mol. The number of hydrogen-bond acceptors (Lipinski definition) is 2. The molecule has 2 aromatic carbocycles. The topological polar surface area (TPSA) is 32.3 Å². The summed E-state index contributed by atoms with van der Waals surface area (Å²) in [5.74, 6) is -0.299. The van der Waals surface area contributed by atoms with Gasteiger partial charge in [-0.2, -0.15) is 0 Å². The molecule has 0 heterocycles. The lowest BCUT2D eigenvalue weighted by molar-refractivity contribution is 0.205. The second-order valence-electron chi connectivity index (χ2n) is 5.06. The Labute approximate surface area is 119 Å². The lowest BCUT2D eigenvalue weighted by atomic mass is 9.88. The van der Waals surface area contributed by atoms with Crippen LogP contribution in [-0.2, 0) is 6.42 Å². The summed E-state index contributed by atoms with van der Waals surface area (Å²) in [5, 5.41) is 13.0. The van der Waals surface area contributed by atoms with Crippen LogP contribution in [0.1, 0.15) is 18.9 Å². The highest BCUT2D eigenvalue weighted by Gasteiger charge is 2.28. The average molecular weight is 273 g/mol. The number of nitrogens with one attached hydrogen (secondary N) is 1. The molecule has 0 bridgehead atoms. The highest BCUT2D eigenvalue weighted by Crippen LogP contribution is 2.24. The Bertz CT molecular complexity index is 538. The summed E-state index contributed by atoms with van der Waals surface area (Å²) >= 11 is 0. The van der Waals surface area contributed by atoms with Crippen molar-refractivity contribution in [3.8, 4) is 0 Å². The minimum absolute atomic E-state index is 0.0489. The first-order valence-electron chi connectivity index (χ1n) is 6.86. The summed E-state index contributed by atoms with van der Waals surface area (Å²) in [5.41, 5.74) is 0.996. The van der Waals surface area contributed by atoms with Crippen LogP contribution in [-0.4, -0.2) is 17.3 Å². The van der Waals surface area contributed by atoms with E-state index in [1.165, 1.54) is 6.07 Å². The third kappa shape index (κ3) is 3.36. The van der Waals surface area contributed by atoms with Gasteiger partial charge in [-0.3, -0.25) is 0 Å². The Morgan fingerprint density at radius 3 is 2.30 bits per heavy atom. The fraction of sp³-hybridized carbons (Fsp3) is 0.294. The first-order chi connectivity index (χ1) is 9.69. The SMILES string of the molecule is CCC(CO)(Cc1ccccc1)Nc1ccccc1F. The largest absolute Gasteiger partial charge is 0.394 e. The van der Waals surface area contributed by atoms with Crippen molar-refractivity contribution in [2.45, 2.75) is 25.3 Å². The lowest BCUT2D eigenvalue weighted by Crippen LogP contribution is -2.44. The van der Waals surface area contributed by atoms with Gasteiger partial charge in [0.2, 0.25) is 0 Å². The number of halogens is 1. The van der Waals surface area contributed by atoms with Gasteiger partial charge in [-0.05, 0) is 30.5 Å². The zero-order chi connectivity index (χ0) is 14.4. The molecule has 0 radical (unpaired) electrons. The molecule has 20 heavy (non-hydrogen) atoms. The van der Waals surface area contributed by atoms with E-state index in [9.17, 15) is 9.50 Å². The van der Waals surface area contributed by atoms with Crippen molar-refractivity contribution in [2.75, 3.05) is 11.9 Å². The minimum atomic E-state index is -0.552. The van der Waals surface area contributed by atoms with Crippen molar-refractivity contribution in [3.63, 3.8) is 0 Å². The number of benzene rings is 2. The molecule has 2 nitrogen and oxygen atoms in total. The number of hydrogen-bond donors (Lipinski definition) is 2. The highest BCUT2D eigenvalue weighted by atomic mass is 19.1. The Morgan fingerprint density at radius 1 is 1.05 bits per heavy atom. The van der Waals surface area contributed by atoms with Crippen LogP contribution in [0.15, 0.2) is 54.6 Å². The molecule has 2 rings (SSSR count). The predicted molar refractivity (Wildman–Crippen MR) is 80.3 cm³/mol. The Morgan fingerprint density at radius 2 is 1.70 bits per heavy atom. The average Bonchev–Trinajstić information content (AvgIpc) is 2.50. The van der Waals surface area contributed by atoms with E-state index < -0.39 is 5.54 Å². The number of aliphatic hydroxyl groups is 1.